The van der Waals surface area contributed by atoms with Crippen LogP contribution in [0.2, 0.25) is 0 Å². The first-order valence-electron chi connectivity index (χ1n) is 8.23. The molecule has 0 atom stereocenters. The fourth-order valence-corrected chi connectivity index (χ4v) is 4.74. The molecule has 2 heterocycles. The smallest absolute Gasteiger partial charge is 0.242 e. The van der Waals surface area contributed by atoms with Crippen molar-refractivity contribution in [3.05, 3.63) is 24.3 Å². The highest BCUT2D eigenvalue weighted by Crippen LogP contribution is 2.38. The molecule has 0 radical (unpaired) electrons. The van der Waals surface area contributed by atoms with Crippen LogP contribution in [-0.2, 0) is 24.2 Å². The van der Waals surface area contributed by atoms with E-state index in [1.54, 1.807) is 36.9 Å². The molecule has 0 aromatic heterocycles. The highest BCUT2D eigenvalue weighted by molar-refractivity contribution is 7.93. The maximum absolute atomic E-state index is 12.9. The van der Waals surface area contributed by atoms with Crippen LogP contribution in [0.4, 0.5) is 5.69 Å². The van der Waals surface area contributed by atoms with Crippen LogP contribution in [0, 0.1) is 0 Å². The highest BCUT2D eigenvalue weighted by Gasteiger charge is 2.44. The van der Waals surface area contributed by atoms with Gasteiger partial charge in [-0.15, -0.1) is 0 Å². The summed E-state index contributed by atoms with van der Waals surface area (Å²) >= 11 is 0. The molecule has 0 N–H and O–H groups in total. The number of fused-ring (bicyclic) bond motifs is 1. The van der Waals surface area contributed by atoms with E-state index in [0.29, 0.717) is 26.3 Å². The van der Waals surface area contributed by atoms with Crippen LogP contribution in [-0.4, -0.2) is 62.7 Å². The lowest BCUT2D eigenvalue weighted by atomic mass is 10.1. The van der Waals surface area contributed by atoms with Gasteiger partial charge in [0.15, 0.2) is 9.84 Å². The molecule has 0 bridgehead atoms. The van der Waals surface area contributed by atoms with Gasteiger partial charge in [0.1, 0.15) is 6.54 Å². The molecule has 2 aliphatic heterocycles. The Labute approximate surface area is 147 Å². The number of carbonyl (C=O) groups is 2. The lowest BCUT2D eigenvalue weighted by molar-refractivity contribution is -0.135. The number of para-hydroxylation sites is 1. The maximum Gasteiger partial charge on any atom is 0.242 e. The van der Waals surface area contributed by atoms with E-state index in [0.717, 1.165) is 0 Å². The summed E-state index contributed by atoms with van der Waals surface area (Å²) in [6.45, 7) is 4.82. The molecular formula is C17H22N2O5S. The molecule has 1 aromatic carbocycles. The van der Waals surface area contributed by atoms with Crippen LogP contribution in [0.1, 0.15) is 20.3 Å². The minimum absolute atomic E-state index is 0.0978. The van der Waals surface area contributed by atoms with Gasteiger partial charge < -0.3 is 14.5 Å². The number of amides is 2. The molecule has 25 heavy (non-hydrogen) atoms. The summed E-state index contributed by atoms with van der Waals surface area (Å²) in [5.41, 5.74) is 0.277. The second-order valence-electron chi connectivity index (χ2n) is 6.88. The number of rotatable bonds is 2. The number of carbonyl (C=O) groups excluding carboxylic acids is 2. The van der Waals surface area contributed by atoms with E-state index in [1.165, 1.54) is 11.0 Å². The number of anilines is 1. The van der Waals surface area contributed by atoms with Crippen LogP contribution in [0.25, 0.3) is 0 Å². The van der Waals surface area contributed by atoms with Gasteiger partial charge in [-0.3, -0.25) is 9.59 Å². The van der Waals surface area contributed by atoms with E-state index >= 15 is 0 Å². The molecule has 0 unspecified atom stereocenters. The largest absolute Gasteiger partial charge is 0.378 e. The average Bonchev–Trinajstić information content (AvgIpc) is 2.64. The molecule has 3 rings (SSSR count). The van der Waals surface area contributed by atoms with Crippen molar-refractivity contribution in [2.24, 2.45) is 0 Å². The van der Waals surface area contributed by atoms with E-state index in [2.05, 4.69) is 0 Å². The van der Waals surface area contributed by atoms with Crippen LogP contribution in [0.3, 0.4) is 0 Å². The van der Waals surface area contributed by atoms with Crippen molar-refractivity contribution in [2.75, 3.05) is 37.7 Å². The second-order valence-corrected chi connectivity index (χ2v) is 9.43. The third-order valence-corrected chi connectivity index (χ3v) is 7.23. The Balaban J connectivity index is 1.98. The number of morpholine rings is 1. The van der Waals surface area contributed by atoms with Gasteiger partial charge >= 0.3 is 0 Å². The highest BCUT2D eigenvalue weighted by atomic mass is 32.2. The lowest BCUT2D eigenvalue weighted by Gasteiger charge is -2.30. The first-order chi connectivity index (χ1) is 11.7. The fraction of sp³-hybridized carbons (Fsp3) is 0.529. The first kappa shape index (κ1) is 17.9. The zero-order valence-electron chi connectivity index (χ0n) is 14.4. The van der Waals surface area contributed by atoms with Gasteiger partial charge in [-0.2, -0.15) is 0 Å². The van der Waals surface area contributed by atoms with Crippen molar-refractivity contribution in [2.45, 2.75) is 29.9 Å². The predicted octanol–water partition coefficient (Wildman–Crippen LogP) is 0.834. The van der Waals surface area contributed by atoms with Crippen molar-refractivity contribution >= 4 is 27.3 Å². The lowest BCUT2D eigenvalue weighted by Crippen LogP contribution is -2.47. The Morgan fingerprint density at radius 3 is 2.52 bits per heavy atom. The number of hydrogen-bond acceptors (Lipinski definition) is 5. The second kappa shape index (κ2) is 6.42. The Morgan fingerprint density at radius 2 is 1.84 bits per heavy atom. The van der Waals surface area contributed by atoms with Crippen molar-refractivity contribution in [3.63, 3.8) is 0 Å². The first-order valence-corrected chi connectivity index (χ1v) is 9.72. The van der Waals surface area contributed by atoms with E-state index in [-0.39, 0.29) is 35.4 Å². The van der Waals surface area contributed by atoms with Crippen LogP contribution in [0.15, 0.2) is 29.2 Å². The van der Waals surface area contributed by atoms with Crippen molar-refractivity contribution in [3.8, 4) is 0 Å². The quantitative estimate of drug-likeness (QED) is 0.774. The van der Waals surface area contributed by atoms with Crippen molar-refractivity contribution in [1.29, 1.82) is 0 Å². The molecule has 1 aromatic rings. The van der Waals surface area contributed by atoms with Gasteiger partial charge in [-0.1, -0.05) is 12.1 Å². The van der Waals surface area contributed by atoms with E-state index in [1.807, 2.05) is 0 Å². The summed E-state index contributed by atoms with van der Waals surface area (Å²) in [7, 11) is -3.69. The predicted molar refractivity (Wildman–Crippen MR) is 92.1 cm³/mol. The topological polar surface area (TPSA) is 84.0 Å². The summed E-state index contributed by atoms with van der Waals surface area (Å²) in [6.07, 6.45) is -0.166. The molecule has 0 spiro atoms. The van der Waals surface area contributed by atoms with Gasteiger partial charge in [0.2, 0.25) is 11.8 Å². The minimum atomic E-state index is -3.69. The summed E-state index contributed by atoms with van der Waals surface area (Å²) < 4.78 is 29.9. The summed E-state index contributed by atoms with van der Waals surface area (Å²) in [6, 6.07) is 6.38. The number of sulfone groups is 1. The maximum atomic E-state index is 12.9. The van der Waals surface area contributed by atoms with Crippen LogP contribution >= 0.6 is 0 Å². The SMILES string of the molecule is CC1(C)CC(=O)N(CC(=O)N2CCOCC2)c2ccccc2S1(=O)=O. The normalized spacial score (nSPS) is 22.2. The van der Waals surface area contributed by atoms with Gasteiger partial charge in [0, 0.05) is 19.5 Å². The van der Waals surface area contributed by atoms with E-state index in [9.17, 15) is 18.0 Å². The number of nitrogens with zero attached hydrogens (tertiary/aromatic N) is 2. The zero-order valence-corrected chi connectivity index (χ0v) is 15.2. The third-order valence-electron chi connectivity index (χ3n) is 4.71. The third kappa shape index (κ3) is 3.16. The molecule has 0 aliphatic carbocycles. The summed E-state index contributed by atoms with van der Waals surface area (Å²) in [4.78, 5) is 28.4. The molecule has 8 heteroatoms. The number of hydrogen-bond donors (Lipinski definition) is 0. The monoisotopic (exact) mass is 366 g/mol. The number of ether oxygens (including phenoxy) is 1. The molecular weight excluding hydrogens is 344 g/mol. The Morgan fingerprint density at radius 1 is 1.20 bits per heavy atom. The Bertz CT molecular complexity index is 797. The molecule has 1 saturated heterocycles. The Hall–Kier alpha value is -1.93. The molecule has 0 saturated carbocycles. The Kier molecular flexibility index (Phi) is 4.59. The fourth-order valence-electron chi connectivity index (χ4n) is 3.12. The van der Waals surface area contributed by atoms with Gasteiger partial charge in [-0.05, 0) is 26.0 Å². The van der Waals surface area contributed by atoms with E-state index in [4.69, 9.17) is 4.74 Å². The van der Waals surface area contributed by atoms with Gasteiger partial charge in [0.05, 0.1) is 28.5 Å². The minimum Gasteiger partial charge on any atom is -0.378 e. The van der Waals surface area contributed by atoms with Crippen LogP contribution < -0.4 is 4.90 Å². The van der Waals surface area contributed by atoms with Crippen molar-refractivity contribution < 1.29 is 22.7 Å². The summed E-state index contributed by atoms with van der Waals surface area (Å²) in [5.74, 6) is -0.566. The average molecular weight is 366 g/mol. The summed E-state index contributed by atoms with van der Waals surface area (Å²) in [5, 5.41) is 0. The molecule has 136 valence electrons. The standard InChI is InChI=1S/C17H22N2O5S/c1-17(2)11-15(20)19(12-16(21)18-7-9-24-10-8-18)13-5-3-4-6-14(13)25(17,22)23/h3-6H,7-12H2,1-2H3. The molecule has 2 amide bonds. The van der Waals surface area contributed by atoms with E-state index < -0.39 is 14.6 Å². The molecule has 2 aliphatic rings. The van der Waals surface area contributed by atoms with Gasteiger partial charge in [-0.25, -0.2) is 8.42 Å². The number of benzene rings is 1. The molecule has 1 fully saturated rings. The van der Waals surface area contributed by atoms with Crippen LogP contribution in [0.5, 0.6) is 0 Å². The molecule has 7 nitrogen and oxygen atoms in total. The van der Waals surface area contributed by atoms with Gasteiger partial charge in [0.25, 0.3) is 0 Å². The zero-order chi connectivity index (χ0) is 18.2. The van der Waals surface area contributed by atoms with Crippen molar-refractivity contribution in [1.82, 2.24) is 4.90 Å².